The van der Waals surface area contributed by atoms with E-state index in [1.807, 2.05) is 44.2 Å². The van der Waals surface area contributed by atoms with Gasteiger partial charge in [-0.1, -0.05) is 49.4 Å². The first-order chi connectivity index (χ1) is 19.2. The van der Waals surface area contributed by atoms with Crippen molar-refractivity contribution < 1.29 is 28.7 Å². The van der Waals surface area contributed by atoms with E-state index in [-0.39, 0.29) is 44.2 Å². The number of ether oxygens (including phenoxy) is 1. The zero-order valence-corrected chi connectivity index (χ0v) is 22.8. The minimum atomic E-state index is -0.992. The second kappa shape index (κ2) is 15.3. The third kappa shape index (κ3) is 10.1. The van der Waals surface area contributed by atoms with Gasteiger partial charge in [0.1, 0.15) is 30.7 Å². The lowest BCUT2D eigenvalue weighted by atomic mass is 10.0. The highest BCUT2D eigenvalue weighted by Gasteiger charge is 2.29. The smallest absolute Gasteiger partial charge is 0.408 e. The van der Waals surface area contributed by atoms with Crippen LogP contribution in [0.2, 0.25) is 0 Å². The zero-order valence-electron chi connectivity index (χ0n) is 22.8. The summed E-state index contributed by atoms with van der Waals surface area (Å²) >= 11 is 0. The van der Waals surface area contributed by atoms with Crippen LogP contribution >= 0.6 is 0 Å². The Morgan fingerprint density at radius 2 is 1.93 bits per heavy atom. The van der Waals surface area contributed by atoms with Gasteiger partial charge in [0.2, 0.25) is 17.7 Å². The number of fused-ring (bicyclic) bond motifs is 2. The summed E-state index contributed by atoms with van der Waals surface area (Å²) in [5, 5.41) is 18.8. The van der Waals surface area contributed by atoms with Crippen molar-refractivity contribution in [2.45, 2.75) is 83.8 Å². The van der Waals surface area contributed by atoms with Crippen molar-refractivity contribution in [1.82, 2.24) is 36.3 Å². The lowest BCUT2D eigenvalue weighted by Crippen LogP contribution is -2.55. The molecule has 0 unspecified atom stereocenters. The van der Waals surface area contributed by atoms with Crippen molar-refractivity contribution in [1.29, 1.82) is 0 Å². The molecule has 2 heterocycles. The number of hydrogen-bond donors (Lipinski definition) is 4. The molecule has 0 saturated carbocycles. The average molecular weight is 556 g/mol. The number of carbonyl (C=O) groups is 5. The molecule has 0 fully saturated rings. The number of nitrogens with zero attached hydrogens (tertiary/aromatic N) is 3. The van der Waals surface area contributed by atoms with Gasteiger partial charge in [-0.2, -0.15) is 0 Å². The van der Waals surface area contributed by atoms with Crippen LogP contribution < -0.4 is 21.3 Å². The van der Waals surface area contributed by atoms with Crippen molar-refractivity contribution in [3.05, 3.63) is 47.8 Å². The van der Waals surface area contributed by atoms with Crippen LogP contribution in [0.1, 0.15) is 57.2 Å². The standard InChI is InChI=1S/C27H37N7O6/c1-18(2)13-23-26(38)29-20(16-35)10-11-24(36)28-14-21-15-34(33-32-21)12-6-9-22(25(37)30-23)31-27(39)40-17-19-7-4-3-5-8-19/h3-5,7-8,15-16,18,20,22-23H,6,9-14,17H2,1-2H3,(H,28,36)(H,29,38)(H,30,37)(H,31,39)/t20-,22-,23-/m0/s1. The quantitative estimate of drug-likeness (QED) is 0.382. The number of carbonyl (C=O) groups excluding carboxylic acids is 5. The summed E-state index contributed by atoms with van der Waals surface area (Å²) in [6, 6.07) is 6.28. The molecule has 2 bridgehead atoms. The van der Waals surface area contributed by atoms with Crippen molar-refractivity contribution in [3.63, 3.8) is 0 Å². The Labute approximate surface area is 232 Å². The Balaban J connectivity index is 1.76. The first-order valence-corrected chi connectivity index (χ1v) is 13.4. The molecular weight excluding hydrogens is 518 g/mol. The number of amides is 4. The summed E-state index contributed by atoms with van der Waals surface area (Å²) in [7, 11) is 0. The van der Waals surface area contributed by atoms with Gasteiger partial charge in [-0.15, -0.1) is 5.10 Å². The predicted octanol–water partition coefficient (Wildman–Crippen LogP) is 0.978. The number of alkyl carbamates (subject to hydrolysis) is 1. The number of aromatic nitrogens is 3. The van der Waals surface area contributed by atoms with Gasteiger partial charge in [0.25, 0.3) is 0 Å². The highest BCUT2D eigenvalue weighted by atomic mass is 16.5. The van der Waals surface area contributed by atoms with E-state index in [0.29, 0.717) is 31.4 Å². The third-order valence-corrected chi connectivity index (χ3v) is 6.27. The fourth-order valence-electron chi connectivity index (χ4n) is 4.16. The first kappa shape index (κ1) is 30.3. The monoisotopic (exact) mass is 555 g/mol. The maximum atomic E-state index is 13.4. The van der Waals surface area contributed by atoms with Crippen LogP contribution in [0, 0.1) is 5.92 Å². The summed E-state index contributed by atoms with van der Waals surface area (Å²) < 4.78 is 6.90. The molecule has 1 aromatic heterocycles. The van der Waals surface area contributed by atoms with E-state index in [4.69, 9.17) is 4.74 Å². The molecule has 4 amide bonds. The van der Waals surface area contributed by atoms with Crippen LogP contribution in [-0.2, 0) is 43.6 Å². The first-order valence-electron chi connectivity index (χ1n) is 13.4. The molecule has 1 aromatic carbocycles. The van der Waals surface area contributed by atoms with Gasteiger partial charge in [-0.05, 0) is 37.2 Å². The fourth-order valence-corrected chi connectivity index (χ4v) is 4.16. The molecule has 0 aliphatic carbocycles. The van der Waals surface area contributed by atoms with Gasteiger partial charge in [0, 0.05) is 13.0 Å². The highest BCUT2D eigenvalue weighted by molar-refractivity contribution is 5.92. The van der Waals surface area contributed by atoms with E-state index in [2.05, 4.69) is 31.6 Å². The molecule has 40 heavy (non-hydrogen) atoms. The molecule has 13 heteroatoms. The topological polar surface area (TPSA) is 173 Å². The van der Waals surface area contributed by atoms with Gasteiger partial charge < -0.3 is 30.8 Å². The van der Waals surface area contributed by atoms with Gasteiger partial charge in [0.05, 0.1) is 18.8 Å². The van der Waals surface area contributed by atoms with E-state index in [1.165, 1.54) is 0 Å². The Hall–Kier alpha value is -4.29. The lowest BCUT2D eigenvalue weighted by Gasteiger charge is -2.25. The Bertz CT molecular complexity index is 1150. The Morgan fingerprint density at radius 3 is 2.65 bits per heavy atom. The van der Waals surface area contributed by atoms with E-state index in [0.717, 1.165) is 5.56 Å². The SMILES string of the molecule is CC(C)C[C@@H]1NC(=O)[C@@H](NC(=O)OCc2ccccc2)CCCn2cc(nn2)CNC(=O)CC[C@@H](C=O)NC1=O. The maximum Gasteiger partial charge on any atom is 0.408 e. The van der Waals surface area contributed by atoms with Crippen LogP contribution in [0.5, 0.6) is 0 Å². The van der Waals surface area contributed by atoms with Gasteiger partial charge in [-0.25, -0.2) is 4.79 Å². The van der Waals surface area contributed by atoms with E-state index in [9.17, 15) is 24.0 Å². The molecule has 0 radical (unpaired) electrons. The summed E-state index contributed by atoms with van der Waals surface area (Å²) in [6.45, 7) is 4.39. The molecule has 3 atom stereocenters. The van der Waals surface area contributed by atoms with Crippen molar-refractivity contribution in [3.8, 4) is 0 Å². The lowest BCUT2D eigenvalue weighted by molar-refractivity contribution is -0.131. The average Bonchev–Trinajstić information content (AvgIpc) is 3.39. The molecule has 3 rings (SSSR count). The number of rotatable bonds is 6. The molecular formula is C27H37N7O6. The fraction of sp³-hybridized carbons (Fsp3) is 0.519. The van der Waals surface area contributed by atoms with Crippen LogP contribution in [0.15, 0.2) is 36.5 Å². The van der Waals surface area contributed by atoms with Gasteiger partial charge >= 0.3 is 6.09 Å². The summed E-state index contributed by atoms with van der Waals surface area (Å²) in [5.74, 6) is -1.35. The highest BCUT2D eigenvalue weighted by Crippen LogP contribution is 2.10. The van der Waals surface area contributed by atoms with E-state index >= 15 is 0 Å². The van der Waals surface area contributed by atoms with Gasteiger partial charge in [0.15, 0.2) is 0 Å². The molecule has 13 nitrogen and oxygen atoms in total. The van der Waals surface area contributed by atoms with E-state index < -0.39 is 36.0 Å². The Kier molecular flexibility index (Phi) is 11.6. The second-order valence-corrected chi connectivity index (χ2v) is 10.1. The molecule has 0 spiro atoms. The van der Waals surface area contributed by atoms with Crippen molar-refractivity contribution in [2.24, 2.45) is 5.92 Å². The summed E-state index contributed by atoms with van der Waals surface area (Å²) in [6.07, 6.45) is 2.56. The van der Waals surface area contributed by atoms with E-state index in [1.54, 1.807) is 10.9 Å². The van der Waals surface area contributed by atoms with Crippen LogP contribution in [-0.4, -0.2) is 63.2 Å². The number of aldehydes is 1. The number of hydrogen-bond acceptors (Lipinski definition) is 8. The molecule has 1 aliphatic heterocycles. The number of nitrogens with one attached hydrogen (secondary N) is 4. The second-order valence-electron chi connectivity index (χ2n) is 10.1. The molecule has 0 saturated heterocycles. The van der Waals surface area contributed by atoms with Crippen LogP contribution in [0.3, 0.4) is 0 Å². The number of benzene rings is 1. The van der Waals surface area contributed by atoms with Crippen LogP contribution in [0.4, 0.5) is 4.79 Å². The molecule has 216 valence electrons. The molecule has 2 aromatic rings. The minimum absolute atomic E-state index is 0.0100. The third-order valence-electron chi connectivity index (χ3n) is 6.27. The molecule has 4 N–H and O–H groups in total. The van der Waals surface area contributed by atoms with Gasteiger partial charge in [-0.3, -0.25) is 19.1 Å². The largest absolute Gasteiger partial charge is 0.445 e. The number of aryl methyl sites for hydroxylation is 1. The molecule has 1 aliphatic rings. The maximum absolute atomic E-state index is 13.4. The zero-order chi connectivity index (χ0) is 28.9. The van der Waals surface area contributed by atoms with Crippen molar-refractivity contribution in [2.75, 3.05) is 0 Å². The minimum Gasteiger partial charge on any atom is -0.445 e. The predicted molar refractivity (Wildman–Crippen MR) is 143 cm³/mol. The summed E-state index contributed by atoms with van der Waals surface area (Å²) in [5.41, 5.74) is 1.34. The Morgan fingerprint density at radius 1 is 1.15 bits per heavy atom. The summed E-state index contributed by atoms with van der Waals surface area (Å²) in [4.78, 5) is 62.9. The van der Waals surface area contributed by atoms with Crippen molar-refractivity contribution >= 4 is 30.1 Å². The van der Waals surface area contributed by atoms with Crippen LogP contribution in [0.25, 0.3) is 0 Å². The normalized spacial score (nSPS) is 21.3.